The molecule has 1 aliphatic rings. The van der Waals surface area contributed by atoms with Gasteiger partial charge in [-0.1, -0.05) is 31.5 Å². The number of nitrogens with zero attached hydrogens (tertiary/aromatic N) is 3. The molecule has 4 rings (SSSR count). The molecule has 1 fully saturated rings. The summed E-state index contributed by atoms with van der Waals surface area (Å²) in [6.07, 6.45) is 4.83. The van der Waals surface area contributed by atoms with Crippen molar-refractivity contribution in [2.45, 2.75) is 63.4 Å². The molecule has 34 heavy (non-hydrogen) atoms. The standard InChI is InChI=1S/C27H33N3O3S/c1-5-33-25-15-12-21(19(3)31)16-22(25)17-34-27-29-28-26(20-10-13-23(32-4)14-11-20)30(27)24-9-7-6-8-18(24)2/h10-16,18,24H,5-9,17H2,1-4H3. The predicted molar refractivity (Wildman–Crippen MR) is 136 cm³/mol. The zero-order valence-electron chi connectivity index (χ0n) is 20.4. The second-order valence-electron chi connectivity index (χ2n) is 8.83. The monoisotopic (exact) mass is 479 g/mol. The maximum Gasteiger partial charge on any atom is 0.192 e. The lowest BCUT2D eigenvalue weighted by Gasteiger charge is -2.31. The topological polar surface area (TPSA) is 66.2 Å². The van der Waals surface area contributed by atoms with Gasteiger partial charge in [0, 0.05) is 28.5 Å². The van der Waals surface area contributed by atoms with Gasteiger partial charge >= 0.3 is 0 Å². The minimum Gasteiger partial charge on any atom is -0.497 e. The molecule has 6 nitrogen and oxygen atoms in total. The molecule has 1 heterocycles. The highest BCUT2D eigenvalue weighted by Crippen LogP contribution is 2.40. The van der Waals surface area contributed by atoms with Crippen LogP contribution in [-0.4, -0.2) is 34.3 Å². The van der Waals surface area contributed by atoms with Crippen molar-refractivity contribution in [1.82, 2.24) is 14.8 Å². The molecule has 2 unspecified atom stereocenters. The van der Waals surface area contributed by atoms with Crippen LogP contribution in [0.3, 0.4) is 0 Å². The molecule has 0 amide bonds. The summed E-state index contributed by atoms with van der Waals surface area (Å²) in [6, 6.07) is 14.0. The number of Topliss-reactive ketones (excluding diaryl/α,β-unsaturated/α-hetero) is 1. The van der Waals surface area contributed by atoms with Crippen molar-refractivity contribution >= 4 is 17.5 Å². The SMILES string of the molecule is CCOc1ccc(C(C)=O)cc1CSc1nnc(-c2ccc(OC)cc2)n1C1CCCCC1C. The molecule has 0 spiro atoms. The van der Waals surface area contributed by atoms with Gasteiger partial charge in [-0.2, -0.15) is 0 Å². The molecule has 0 aliphatic heterocycles. The molecule has 2 atom stereocenters. The summed E-state index contributed by atoms with van der Waals surface area (Å²) in [7, 11) is 1.67. The average Bonchev–Trinajstić information content (AvgIpc) is 3.27. The summed E-state index contributed by atoms with van der Waals surface area (Å²) in [5.74, 6) is 3.79. The van der Waals surface area contributed by atoms with Gasteiger partial charge in [0.1, 0.15) is 11.5 Å². The third-order valence-electron chi connectivity index (χ3n) is 6.53. The van der Waals surface area contributed by atoms with E-state index in [4.69, 9.17) is 9.47 Å². The van der Waals surface area contributed by atoms with E-state index in [9.17, 15) is 4.79 Å². The van der Waals surface area contributed by atoms with E-state index in [1.54, 1.807) is 25.8 Å². The summed E-state index contributed by atoms with van der Waals surface area (Å²) in [5.41, 5.74) is 2.73. The van der Waals surface area contributed by atoms with E-state index in [1.165, 1.54) is 19.3 Å². The second kappa shape index (κ2) is 11.1. The van der Waals surface area contributed by atoms with Crippen molar-refractivity contribution in [3.8, 4) is 22.9 Å². The van der Waals surface area contributed by atoms with Crippen LogP contribution in [0.25, 0.3) is 11.4 Å². The first-order valence-electron chi connectivity index (χ1n) is 12.0. The van der Waals surface area contributed by atoms with Crippen LogP contribution in [0.2, 0.25) is 0 Å². The summed E-state index contributed by atoms with van der Waals surface area (Å²) >= 11 is 1.65. The smallest absolute Gasteiger partial charge is 0.192 e. The van der Waals surface area contributed by atoms with Crippen molar-refractivity contribution in [2.75, 3.05) is 13.7 Å². The Kier molecular flexibility index (Phi) is 7.93. The predicted octanol–water partition coefficient (Wildman–Crippen LogP) is 6.60. The van der Waals surface area contributed by atoms with Crippen LogP contribution < -0.4 is 9.47 Å². The van der Waals surface area contributed by atoms with Crippen LogP contribution in [-0.2, 0) is 5.75 Å². The molecular formula is C27H33N3O3S. The molecule has 2 aromatic carbocycles. The minimum atomic E-state index is 0.0512. The van der Waals surface area contributed by atoms with Crippen molar-refractivity contribution in [2.24, 2.45) is 5.92 Å². The zero-order chi connectivity index (χ0) is 24.1. The van der Waals surface area contributed by atoms with Crippen molar-refractivity contribution < 1.29 is 14.3 Å². The van der Waals surface area contributed by atoms with Gasteiger partial charge in [-0.3, -0.25) is 9.36 Å². The highest BCUT2D eigenvalue weighted by Gasteiger charge is 2.29. The van der Waals surface area contributed by atoms with Crippen molar-refractivity contribution in [3.63, 3.8) is 0 Å². The lowest BCUT2D eigenvalue weighted by atomic mass is 9.85. The summed E-state index contributed by atoms with van der Waals surface area (Å²) in [4.78, 5) is 12.0. The molecule has 0 bridgehead atoms. The quantitative estimate of drug-likeness (QED) is 0.254. The van der Waals surface area contributed by atoms with E-state index >= 15 is 0 Å². The Morgan fingerprint density at radius 1 is 1.12 bits per heavy atom. The van der Waals surface area contributed by atoms with Crippen LogP contribution in [0, 0.1) is 5.92 Å². The minimum absolute atomic E-state index is 0.0512. The first kappa shape index (κ1) is 24.3. The molecule has 1 saturated carbocycles. The van der Waals surface area contributed by atoms with E-state index < -0.39 is 0 Å². The van der Waals surface area contributed by atoms with Crippen LogP contribution in [0.4, 0.5) is 0 Å². The summed E-state index contributed by atoms with van der Waals surface area (Å²) in [6.45, 7) is 6.47. The number of hydrogen-bond donors (Lipinski definition) is 0. The van der Waals surface area contributed by atoms with Crippen LogP contribution in [0.1, 0.15) is 68.4 Å². The molecule has 3 aromatic rings. The van der Waals surface area contributed by atoms with Gasteiger partial charge in [0.05, 0.1) is 13.7 Å². The largest absolute Gasteiger partial charge is 0.497 e. The van der Waals surface area contributed by atoms with Gasteiger partial charge in [-0.05, 0) is 75.1 Å². The van der Waals surface area contributed by atoms with Gasteiger partial charge in [0.25, 0.3) is 0 Å². The number of methoxy groups -OCH3 is 1. The van der Waals surface area contributed by atoms with Crippen LogP contribution in [0.5, 0.6) is 11.5 Å². The fourth-order valence-electron chi connectivity index (χ4n) is 4.64. The number of benzene rings is 2. The molecule has 1 aliphatic carbocycles. The Morgan fingerprint density at radius 3 is 2.56 bits per heavy atom. The van der Waals surface area contributed by atoms with E-state index in [-0.39, 0.29) is 5.78 Å². The van der Waals surface area contributed by atoms with Gasteiger partial charge in [0.15, 0.2) is 16.8 Å². The van der Waals surface area contributed by atoms with Gasteiger partial charge < -0.3 is 9.47 Å². The Balaban J connectivity index is 1.69. The lowest BCUT2D eigenvalue weighted by Crippen LogP contribution is -2.22. The van der Waals surface area contributed by atoms with Crippen molar-refractivity contribution in [1.29, 1.82) is 0 Å². The van der Waals surface area contributed by atoms with Gasteiger partial charge in [-0.25, -0.2) is 0 Å². The molecule has 0 radical (unpaired) electrons. The third-order valence-corrected chi connectivity index (χ3v) is 7.53. The normalized spacial score (nSPS) is 18.0. The highest BCUT2D eigenvalue weighted by molar-refractivity contribution is 7.98. The van der Waals surface area contributed by atoms with E-state index in [0.29, 0.717) is 29.9 Å². The van der Waals surface area contributed by atoms with Crippen molar-refractivity contribution in [3.05, 3.63) is 53.6 Å². The Morgan fingerprint density at radius 2 is 1.88 bits per heavy atom. The van der Waals surface area contributed by atoms with E-state index in [2.05, 4.69) is 21.7 Å². The number of carbonyl (C=O) groups excluding carboxylic acids is 1. The molecule has 0 saturated heterocycles. The number of thioether (sulfide) groups is 1. The zero-order valence-corrected chi connectivity index (χ0v) is 21.2. The molecule has 1 aromatic heterocycles. The number of ether oxygens (including phenoxy) is 2. The van der Waals surface area contributed by atoms with Gasteiger partial charge in [0.2, 0.25) is 0 Å². The number of rotatable bonds is 9. The highest BCUT2D eigenvalue weighted by atomic mass is 32.2. The maximum absolute atomic E-state index is 12.0. The average molecular weight is 480 g/mol. The Labute approximate surface area is 206 Å². The maximum atomic E-state index is 12.0. The molecule has 7 heteroatoms. The fourth-order valence-corrected chi connectivity index (χ4v) is 5.61. The summed E-state index contributed by atoms with van der Waals surface area (Å²) in [5, 5.41) is 10.2. The Bertz CT molecular complexity index is 1130. The Hall–Kier alpha value is -2.80. The van der Waals surface area contributed by atoms with E-state index in [1.807, 2.05) is 49.4 Å². The lowest BCUT2D eigenvalue weighted by molar-refractivity contribution is 0.101. The molecule has 180 valence electrons. The summed E-state index contributed by atoms with van der Waals surface area (Å²) < 4.78 is 13.5. The van der Waals surface area contributed by atoms with Crippen LogP contribution in [0.15, 0.2) is 47.6 Å². The van der Waals surface area contributed by atoms with Gasteiger partial charge in [-0.15, -0.1) is 10.2 Å². The first-order chi connectivity index (χ1) is 16.5. The number of aromatic nitrogens is 3. The van der Waals surface area contributed by atoms with E-state index in [0.717, 1.165) is 40.0 Å². The second-order valence-corrected chi connectivity index (χ2v) is 9.78. The van der Waals surface area contributed by atoms with Crippen LogP contribution >= 0.6 is 11.8 Å². The number of carbonyl (C=O) groups is 1. The number of ketones is 1. The molecular weight excluding hydrogens is 446 g/mol. The first-order valence-corrected chi connectivity index (χ1v) is 13.0. The molecule has 0 N–H and O–H groups in total. The fraction of sp³-hybridized carbons (Fsp3) is 0.444. The number of hydrogen-bond acceptors (Lipinski definition) is 6. The third kappa shape index (κ3) is 5.30.